The van der Waals surface area contributed by atoms with Gasteiger partial charge in [0.25, 0.3) is 0 Å². The molecule has 0 spiro atoms. The van der Waals surface area contributed by atoms with Gasteiger partial charge < -0.3 is 10.6 Å². The molecule has 94 valence electrons. The SMILES string of the molecule is Cn1cc(NC(=O)NCc2cccc(Cl)c2)cn1. The summed E-state index contributed by atoms with van der Waals surface area (Å²) < 4.78 is 1.62. The summed E-state index contributed by atoms with van der Waals surface area (Å²) in [5, 5.41) is 10.0. The Morgan fingerprint density at radius 2 is 2.33 bits per heavy atom. The van der Waals surface area contributed by atoms with Crippen molar-refractivity contribution in [3.05, 3.63) is 47.2 Å². The van der Waals surface area contributed by atoms with Crippen LogP contribution in [0.5, 0.6) is 0 Å². The molecule has 0 fully saturated rings. The van der Waals surface area contributed by atoms with Crippen molar-refractivity contribution in [2.75, 3.05) is 5.32 Å². The highest BCUT2D eigenvalue weighted by Crippen LogP contribution is 2.10. The normalized spacial score (nSPS) is 10.1. The molecule has 2 rings (SSSR count). The number of aromatic nitrogens is 2. The molecule has 0 aliphatic rings. The standard InChI is InChI=1S/C12H13ClN4O/c1-17-8-11(7-15-17)16-12(18)14-6-9-3-2-4-10(13)5-9/h2-5,7-8H,6H2,1H3,(H2,14,16,18). The second-order valence-electron chi connectivity index (χ2n) is 3.84. The molecule has 0 atom stereocenters. The number of carbonyl (C=O) groups excluding carboxylic acids is 1. The Kier molecular flexibility index (Phi) is 3.84. The fourth-order valence-corrected chi connectivity index (χ4v) is 1.70. The zero-order chi connectivity index (χ0) is 13.0. The summed E-state index contributed by atoms with van der Waals surface area (Å²) in [5.74, 6) is 0. The Bertz CT molecular complexity index is 553. The maximum atomic E-state index is 11.6. The van der Waals surface area contributed by atoms with Crippen LogP contribution >= 0.6 is 11.6 Å². The smallest absolute Gasteiger partial charge is 0.319 e. The van der Waals surface area contributed by atoms with Gasteiger partial charge in [-0.1, -0.05) is 23.7 Å². The van der Waals surface area contributed by atoms with Gasteiger partial charge in [0.05, 0.1) is 11.9 Å². The van der Waals surface area contributed by atoms with E-state index in [1.165, 1.54) is 0 Å². The highest BCUT2D eigenvalue weighted by atomic mass is 35.5. The maximum absolute atomic E-state index is 11.6. The van der Waals surface area contributed by atoms with Gasteiger partial charge in [-0.3, -0.25) is 4.68 Å². The van der Waals surface area contributed by atoms with E-state index in [9.17, 15) is 4.79 Å². The second kappa shape index (κ2) is 5.55. The Balaban J connectivity index is 1.85. The number of urea groups is 1. The minimum absolute atomic E-state index is 0.275. The summed E-state index contributed by atoms with van der Waals surface area (Å²) >= 11 is 5.85. The molecule has 0 saturated carbocycles. The van der Waals surface area contributed by atoms with Crippen LogP contribution in [-0.4, -0.2) is 15.8 Å². The van der Waals surface area contributed by atoms with Crippen molar-refractivity contribution in [3.63, 3.8) is 0 Å². The average Bonchev–Trinajstić information content (AvgIpc) is 2.72. The van der Waals surface area contributed by atoms with Gasteiger partial charge in [0.2, 0.25) is 0 Å². The summed E-state index contributed by atoms with van der Waals surface area (Å²) in [6, 6.07) is 7.07. The predicted molar refractivity (Wildman–Crippen MR) is 70.5 cm³/mol. The number of rotatable bonds is 3. The predicted octanol–water partition coefficient (Wildman–Crippen LogP) is 2.40. The van der Waals surface area contributed by atoms with Crippen molar-refractivity contribution in [2.24, 2.45) is 7.05 Å². The summed E-state index contributed by atoms with van der Waals surface area (Å²) in [5.41, 5.74) is 1.60. The van der Waals surface area contributed by atoms with Crippen LogP contribution in [0.15, 0.2) is 36.7 Å². The van der Waals surface area contributed by atoms with Gasteiger partial charge in [0, 0.05) is 24.8 Å². The van der Waals surface area contributed by atoms with E-state index < -0.39 is 0 Å². The number of halogens is 1. The summed E-state index contributed by atoms with van der Waals surface area (Å²) in [4.78, 5) is 11.6. The molecule has 0 radical (unpaired) electrons. The fourth-order valence-electron chi connectivity index (χ4n) is 1.49. The lowest BCUT2D eigenvalue weighted by Crippen LogP contribution is -2.27. The molecule has 0 aliphatic carbocycles. The lowest BCUT2D eigenvalue weighted by molar-refractivity contribution is 0.251. The Morgan fingerprint density at radius 3 is 3.00 bits per heavy atom. The van der Waals surface area contributed by atoms with E-state index in [1.807, 2.05) is 18.2 Å². The van der Waals surface area contributed by atoms with Gasteiger partial charge in [-0.05, 0) is 17.7 Å². The molecule has 2 amide bonds. The molecule has 0 bridgehead atoms. The highest BCUT2D eigenvalue weighted by molar-refractivity contribution is 6.30. The van der Waals surface area contributed by atoms with Crippen molar-refractivity contribution in [2.45, 2.75) is 6.54 Å². The largest absolute Gasteiger partial charge is 0.334 e. The van der Waals surface area contributed by atoms with Gasteiger partial charge in [-0.15, -0.1) is 0 Å². The molecule has 5 nitrogen and oxygen atoms in total. The summed E-state index contributed by atoms with van der Waals surface area (Å²) in [6.45, 7) is 0.423. The number of aryl methyl sites for hydroxylation is 1. The van der Waals surface area contributed by atoms with E-state index in [-0.39, 0.29) is 6.03 Å². The first kappa shape index (κ1) is 12.4. The van der Waals surface area contributed by atoms with Crippen LogP contribution in [0.1, 0.15) is 5.56 Å². The molecule has 0 unspecified atom stereocenters. The zero-order valence-electron chi connectivity index (χ0n) is 9.85. The molecular weight excluding hydrogens is 252 g/mol. The molecule has 0 aliphatic heterocycles. The molecule has 1 aromatic heterocycles. The van der Waals surface area contributed by atoms with Crippen molar-refractivity contribution >= 4 is 23.3 Å². The van der Waals surface area contributed by atoms with Crippen LogP contribution in [0.4, 0.5) is 10.5 Å². The van der Waals surface area contributed by atoms with Crippen LogP contribution in [-0.2, 0) is 13.6 Å². The van der Waals surface area contributed by atoms with Crippen LogP contribution in [0.2, 0.25) is 5.02 Å². The third-order valence-corrected chi connectivity index (χ3v) is 2.54. The number of nitrogens with zero attached hydrogens (tertiary/aromatic N) is 2. The van der Waals surface area contributed by atoms with E-state index in [4.69, 9.17) is 11.6 Å². The average molecular weight is 265 g/mol. The van der Waals surface area contributed by atoms with Gasteiger partial charge >= 0.3 is 6.03 Å². The molecule has 1 heterocycles. The van der Waals surface area contributed by atoms with Gasteiger partial charge in [-0.25, -0.2) is 4.79 Å². The number of hydrogen-bond acceptors (Lipinski definition) is 2. The number of nitrogens with one attached hydrogen (secondary N) is 2. The number of amides is 2. The second-order valence-corrected chi connectivity index (χ2v) is 4.28. The topological polar surface area (TPSA) is 59.0 Å². The summed E-state index contributed by atoms with van der Waals surface area (Å²) in [7, 11) is 1.79. The van der Waals surface area contributed by atoms with E-state index in [0.29, 0.717) is 17.3 Å². The monoisotopic (exact) mass is 264 g/mol. The Morgan fingerprint density at radius 1 is 1.50 bits per heavy atom. The van der Waals surface area contributed by atoms with Crippen molar-refractivity contribution in [1.82, 2.24) is 15.1 Å². The number of anilines is 1. The minimum atomic E-state index is -0.275. The van der Waals surface area contributed by atoms with Crippen LogP contribution < -0.4 is 10.6 Å². The quantitative estimate of drug-likeness (QED) is 0.894. The maximum Gasteiger partial charge on any atom is 0.319 e. The van der Waals surface area contributed by atoms with E-state index in [2.05, 4.69) is 15.7 Å². The third-order valence-electron chi connectivity index (χ3n) is 2.30. The molecule has 2 N–H and O–H groups in total. The lowest BCUT2D eigenvalue weighted by atomic mass is 10.2. The molecular formula is C12H13ClN4O. The molecule has 2 aromatic rings. The molecule has 0 saturated heterocycles. The van der Waals surface area contributed by atoms with E-state index >= 15 is 0 Å². The Labute approximate surface area is 110 Å². The number of carbonyl (C=O) groups is 1. The Hall–Kier alpha value is -2.01. The molecule has 6 heteroatoms. The van der Waals surface area contributed by atoms with E-state index in [0.717, 1.165) is 5.56 Å². The molecule has 18 heavy (non-hydrogen) atoms. The van der Waals surface area contributed by atoms with Crippen LogP contribution in [0, 0.1) is 0 Å². The van der Waals surface area contributed by atoms with Crippen molar-refractivity contribution in [1.29, 1.82) is 0 Å². The van der Waals surface area contributed by atoms with Gasteiger partial charge in [-0.2, -0.15) is 5.10 Å². The lowest BCUT2D eigenvalue weighted by Gasteiger charge is -2.06. The van der Waals surface area contributed by atoms with Crippen LogP contribution in [0.25, 0.3) is 0 Å². The third kappa shape index (κ3) is 3.49. The number of benzene rings is 1. The first-order chi connectivity index (χ1) is 8.63. The summed E-state index contributed by atoms with van der Waals surface area (Å²) in [6.07, 6.45) is 3.30. The number of hydrogen-bond donors (Lipinski definition) is 2. The first-order valence-electron chi connectivity index (χ1n) is 5.41. The minimum Gasteiger partial charge on any atom is -0.334 e. The van der Waals surface area contributed by atoms with E-state index in [1.54, 1.807) is 30.2 Å². The fraction of sp³-hybridized carbons (Fsp3) is 0.167. The molecule has 1 aromatic carbocycles. The first-order valence-corrected chi connectivity index (χ1v) is 5.79. The van der Waals surface area contributed by atoms with Crippen molar-refractivity contribution < 1.29 is 4.79 Å². The van der Waals surface area contributed by atoms with Crippen molar-refractivity contribution in [3.8, 4) is 0 Å². The van der Waals surface area contributed by atoms with Gasteiger partial charge in [0.1, 0.15) is 0 Å². The highest BCUT2D eigenvalue weighted by Gasteiger charge is 2.03. The van der Waals surface area contributed by atoms with Gasteiger partial charge in [0.15, 0.2) is 0 Å². The van der Waals surface area contributed by atoms with Crippen LogP contribution in [0.3, 0.4) is 0 Å². The zero-order valence-corrected chi connectivity index (χ0v) is 10.6.